The van der Waals surface area contributed by atoms with E-state index in [9.17, 15) is 0 Å². The van der Waals surface area contributed by atoms with E-state index in [1.807, 2.05) is 12.1 Å². The molecule has 3 rings (SSSR count). The van der Waals surface area contributed by atoms with Crippen molar-refractivity contribution in [2.75, 3.05) is 26.2 Å². The molecule has 178 valence electrons. The minimum absolute atomic E-state index is 0.489. The fraction of sp³-hybridized carbons (Fsp3) is 0.391. The number of benzene rings is 2. The van der Waals surface area contributed by atoms with E-state index in [1.54, 1.807) is 0 Å². The maximum Gasteiger partial charge on any atom is 0.177 e. The molecule has 0 radical (unpaired) electrons. The van der Waals surface area contributed by atoms with Crippen LogP contribution in [0.15, 0.2) is 54.3 Å². The van der Waals surface area contributed by atoms with Gasteiger partial charge < -0.3 is 21.3 Å². The van der Waals surface area contributed by atoms with Crippen LogP contribution in [0.25, 0.3) is 0 Å². The Morgan fingerprint density at radius 3 is 1.55 bits per heavy atom. The molecule has 0 aliphatic carbocycles. The summed E-state index contributed by atoms with van der Waals surface area (Å²) in [6.07, 6.45) is 3.10. The highest BCUT2D eigenvalue weighted by Gasteiger charge is 2.51. The molecule has 1 heterocycles. The molecule has 2 aromatic carbocycles. The number of nitrogens with zero attached hydrogens (tertiary/aromatic N) is 2. The van der Waals surface area contributed by atoms with Crippen LogP contribution in [0.4, 0.5) is 0 Å². The highest BCUT2D eigenvalue weighted by Crippen LogP contribution is 2.38. The number of nitrogens with two attached hydrogens (primary N) is 2. The molecule has 0 saturated carbocycles. The summed E-state index contributed by atoms with van der Waals surface area (Å²) in [6.45, 7) is 2.66. The SMILES string of the molecule is NCCCN1C(=S)N(CCCN)C(Cc2cc(Br)cc(Br)c2)(Cc2cc(Br)cc(Br)c2)C1=S. The van der Waals surface area contributed by atoms with E-state index in [4.69, 9.17) is 35.9 Å². The van der Waals surface area contributed by atoms with Crippen LogP contribution in [0.1, 0.15) is 24.0 Å². The van der Waals surface area contributed by atoms with Crippen LogP contribution < -0.4 is 11.5 Å². The Hall–Kier alpha value is 0.0600. The lowest BCUT2D eigenvalue weighted by atomic mass is 9.83. The van der Waals surface area contributed by atoms with Crippen molar-refractivity contribution in [3.63, 3.8) is 0 Å². The number of hydrogen-bond donors (Lipinski definition) is 2. The molecule has 4 N–H and O–H groups in total. The third kappa shape index (κ3) is 6.64. The molecular weight excluding hydrogens is 716 g/mol. The second-order valence-corrected chi connectivity index (χ2v) is 12.5. The van der Waals surface area contributed by atoms with E-state index in [0.717, 1.165) is 66.8 Å². The van der Waals surface area contributed by atoms with Gasteiger partial charge in [0.1, 0.15) is 10.5 Å². The first-order valence-electron chi connectivity index (χ1n) is 10.6. The first-order chi connectivity index (χ1) is 15.7. The fourth-order valence-corrected chi connectivity index (χ4v) is 8.01. The van der Waals surface area contributed by atoms with Crippen molar-refractivity contribution in [2.45, 2.75) is 31.2 Å². The Balaban J connectivity index is 2.14. The minimum Gasteiger partial charge on any atom is -0.336 e. The van der Waals surface area contributed by atoms with Gasteiger partial charge in [-0.15, -0.1) is 0 Å². The summed E-state index contributed by atoms with van der Waals surface area (Å²) in [5, 5.41) is 0.769. The van der Waals surface area contributed by atoms with Gasteiger partial charge in [-0.25, -0.2) is 0 Å². The molecule has 0 bridgehead atoms. The first-order valence-corrected chi connectivity index (χ1v) is 14.6. The molecule has 0 atom stereocenters. The lowest BCUT2D eigenvalue weighted by Gasteiger charge is -2.38. The molecule has 0 spiro atoms. The molecule has 0 aromatic heterocycles. The van der Waals surface area contributed by atoms with Crippen molar-refractivity contribution < 1.29 is 0 Å². The predicted molar refractivity (Wildman–Crippen MR) is 160 cm³/mol. The van der Waals surface area contributed by atoms with Crippen LogP contribution in [-0.2, 0) is 12.8 Å². The molecule has 1 aliphatic heterocycles. The van der Waals surface area contributed by atoms with E-state index < -0.39 is 5.54 Å². The average molecular weight is 742 g/mol. The smallest absolute Gasteiger partial charge is 0.177 e. The van der Waals surface area contributed by atoms with Crippen molar-refractivity contribution in [3.8, 4) is 0 Å². The van der Waals surface area contributed by atoms with Gasteiger partial charge in [0.25, 0.3) is 0 Å². The third-order valence-corrected chi connectivity index (χ3v) is 8.50. The molecule has 1 aliphatic rings. The largest absolute Gasteiger partial charge is 0.336 e. The molecule has 1 fully saturated rings. The summed E-state index contributed by atoms with van der Waals surface area (Å²) < 4.78 is 4.08. The standard InChI is InChI=1S/C23H26Br4N4S2/c24-17-7-15(8-18(25)11-17)13-23(14-16-9-19(26)12-20(27)10-16)21(32)30(5-1-3-28)22(33)31(23)6-2-4-29/h7-12H,1-6,13-14,28-29H2. The minimum atomic E-state index is -0.489. The lowest BCUT2D eigenvalue weighted by molar-refractivity contribution is 0.261. The Labute approximate surface area is 240 Å². The number of halogens is 4. The first kappa shape index (κ1) is 27.6. The quantitative estimate of drug-likeness (QED) is 0.284. The maximum atomic E-state index is 6.20. The summed E-state index contributed by atoms with van der Waals surface area (Å²) in [5.41, 5.74) is 13.6. The number of rotatable bonds is 10. The van der Waals surface area contributed by atoms with Crippen LogP contribution in [0.2, 0.25) is 0 Å². The zero-order valence-corrected chi connectivity index (χ0v) is 26.0. The van der Waals surface area contributed by atoms with Crippen molar-refractivity contribution in [1.29, 1.82) is 0 Å². The van der Waals surface area contributed by atoms with Gasteiger partial charge in [-0.3, -0.25) is 0 Å². The van der Waals surface area contributed by atoms with Gasteiger partial charge in [-0.2, -0.15) is 0 Å². The van der Waals surface area contributed by atoms with Crippen molar-refractivity contribution in [3.05, 3.63) is 65.4 Å². The number of hydrogen-bond acceptors (Lipinski definition) is 4. The Morgan fingerprint density at radius 2 is 1.12 bits per heavy atom. The highest BCUT2D eigenvalue weighted by atomic mass is 79.9. The molecule has 4 nitrogen and oxygen atoms in total. The molecule has 1 saturated heterocycles. The van der Waals surface area contributed by atoms with E-state index in [-0.39, 0.29) is 0 Å². The van der Waals surface area contributed by atoms with Gasteiger partial charge in [-0.1, -0.05) is 75.9 Å². The Morgan fingerprint density at radius 1 is 0.697 bits per heavy atom. The summed E-state index contributed by atoms with van der Waals surface area (Å²) in [7, 11) is 0. The van der Waals surface area contributed by atoms with Crippen molar-refractivity contribution in [2.24, 2.45) is 11.5 Å². The van der Waals surface area contributed by atoms with E-state index in [1.165, 1.54) is 11.1 Å². The molecule has 33 heavy (non-hydrogen) atoms. The highest BCUT2D eigenvalue weighted by molar-refractivity contribution is 9.11. The number of thiocarbonyl (C=S) groups is 2. The van der Waals surface area contributed by atoms with Gasteiger partial charge in [0.05, 0.1) is 0 Å². The topological polar surface area (TPSA) is 58.5 Å². The van der Waals surface area contributed by atoms with Crippen LogP contribution in [0.5, 0.6) is 0 Å². The molecule has 0 amide bonds. The van der Waals surface area contributed by atoms with E-state index in [0.29, 0.717) is 13.1 Å². The van der Waals surface area contributed by atoms with Gasteiger partial charge in [0.2, 0.25) is 0 Å². The van der Waals surface area contributed by atoms with Crippen LogP contribution in [0.3, 0.4) is 0 Å². The zero-order valence-electron chi connectivity index (χ0n) is 18.0. The Kier molecular flexibility index (Phi) is 10.3. The van der Waals surface area contributed by atoms with Crippen LogP contribution >= 0.6 is 88.2 Å². The fourth-order valence-electron chi connectivity index (χ4n) is 4.29. The van der Waals surface area contributed by atoms with Crippen LogP contribution in [-0.4, -0.2) is 51.6 Å². The normalized spacial score (nSPS) is 15.6. The second kappa shape index (κ2) is 12.3. The van der Waals surface area contributed by atoms with Gasteiger partial charge in [-0.05, 0) is 85.7 Å². The van der Waals surface area contributed by atoms with Gasteiger partial charge in [0.15, 0.2) is 5.11 Å². The second-order valence-electron chi connectivity index (χ2n) is 8.12. The summed E-state index contributed by atoms with van der Waals surface area (Å²) in [5.74, 6) is 0. The van der Waals surface area contributed by atoms with Gasteiger partial charge in [0, 0.05) is 43.8 Å². The summed E-state index contributed by atoms with van der Waals surface area (Å²) in [6, 6.07) is 12.7. The molecular formula is C23H26Br4N4S2. The van der Waals surface area contributed by atoms with Crippen LogP contribution in [0, 0.1) is 0 Å². The predicted octanol–water partition coefficient (Wildman–Crippen LogP) is 6.19. The average Bonchev–Trinajstić information content (AvgIpc) is 2.89. The van der Waals surface area contributed by atoms with Gasteiger partial charge >= 0.3 is 0 Å². The molecule has 10 heteroatoms. The molecule has 2 aromatic rings. The molecule has 0 unspecified atom stereocenters. The lowest BCUT2D eigenvalue weighted by Crippen LogP contribution is -2.53. The summed E-state index contributed by atoms with van der Waals surface area (Å²) in [4.78, 5) is 5.26. The zero-order chi connectivity index (χ0) is 24.2. The van der Waals surface area contributed by atoms with E-state index in [2.05, 4.69) is 97.8 Å². The van der Waals surface area contributed by atoms with Crippen molar-refractivity contribution in [1.82, 2.24) is 9.80 Å². The third-order valence-electron chi connectivity index (χ3n) is 5.63. The monoisotopic (exact) mass is 738 g/mol. The van der Waals surface area contributed by atoms with E-state index >= 15 is 0 Å². The maximum absolute atomic E-state index is 6.20. The Bertz CT molecular complexity index is 940. The van der Waals surface area contributed by atoms with Crippen molar-refractivity contribution >= 4 is 98.3 Å². The summed E-state index contributed by atoms with van der Waals surface area (Å²) >= 11 is 26.8.